The molecule has 1 saturated heterocycles. The summed E-state index contributed by atoms with van der Waals surface area (Å²) in [5.74, 6) is 0.950. The third-order valence-electron chi connectivity index (χ3n) is 4.53. The second-order valence-corrected chi connectivity index (χ2v) is 6.09. The lowest BCUT2D eigenvalue weighted by atomic mass is 10.1. The Morgan fingerprint density at radius 1 is 1.04 bits per heavy atom. The molecule has 1 aliphatic carbocycles. The number of methoxy groups -OCH3 is 1. The summed E-state index contributed by atoms with van der Waals surface area (Å²) < 4.78 is 5.14. The van der Waals surface area contributed by atoms with E-state index in [4.69, 9.17) is 4.74 Å². The zero-order chi connectivity index (χ0) is 16.8. The first-order chi connectivity index (χ1) is 11.8. The zero-order valence-corrected chi connectivity index (χ0v) is 14.1. The summed E-state index contributed by atoms with van der Waals surface area (Å²) in [5, 5.41) is 0. The van der Waals surface area contributed by atoms with E-state index in [-0.39, 0.29) is 5.78 Å². The molecule has 1 heterocycles. The van der Waals surface area contributed by atoms with Gasteiger partial charge < -0.3 is 9.64 Å². The van der Waals surface area contributed by atoms with Crippen LogP contribution in [0.5, 0.6) is 5.75 Å². The van der Waals surface area contributed by atoms with Gasteiger partial charge in [0.2, 0.25) is 0 Å². The minimum atomic E-state index is 0.172. The fourth-order valence-electron chi connectivity index (χ4n) is 3.07. The molecule has 0 bridgehead atoms. The Labute approximate surface area is 143 Å². The first kappa shape index (κ1) is 16.5. The molecule has 0 unspecified atom stereocenters. The first-order valence-electron chi connectivity index (χ1n) is 8.43. The molecular weight excluding hydrogens is 300 g/mol. The normalized spacial score (nSPS) is 18.2. The Bertz CT molecular complexity index is 651. The highest BCUT2D eigenvalue weighted by Gasteiger charge is 2.20. The number of nitrogens with zero attached hydrogens (tertiary/aromatic N) is 2. The molecule has 0 atom stereocenters. The number of carbonyl (C=O) groups is 1. The van der Waals surface area contributed by atoms with Crippen molar-refractivity contribution in [3.8, 4) is 5.75 Å². The molecule has 4 nitrogen and oxygen atoms in total. The van der Waals surface area contributed by atoms with Crippen LogP contribution in [0.25, 0.3) is 0 Å². The fraction of sp³-hybridized carbons (Fsp3) is 0.350. The number of allylic oxidation sites excluding steroid dienone is 5. The molecule has 0 radical (unpaired) electrons. The summed E-state index contributed by atoms with van der Waals surface area (Å²) in [4.78, 5) is 17.1. The predicted octanol–water partition coefficient (Wildman–Crippen LogP) is 2.90. The van der Waals surface area contributed by atoms with E-state index in [1.54, 1.807) is 7.11 Å². The highest BCUT2D eigenvalue weighted by atomic mass is 16.5. The minimum Gasteiger partial charge on any atom is -0.497 e. The standard InChI is InChI=1S/C20H24N2O2/c1-24-19-10-8-17(9-11-19)20(23)16-21-12-14-22(15-13-21)18-6-4-2-3-5-7-18/h2-6,8-11H,7,12-16H2,1H3. The number of hydrogen-bond acceptors (Lipinski definition) is 4. The molecule has 0 N–H and O–H groups in total. The van der Waals surface area contributed by atoms with Crippen LogP contribution < -0.4 is 4.74 Å². The molecule has 1 aliphatic heterocycles. The number of Topliss-reactive ketones (excluding diaryl/α,β-unsaturated/α-hetero) is 1. The Morgan fingerprint density at radius 2 is 1.79 bits per heavy atom. The lowest BCUT2D eigenvalue weighted by molar-refractivity contribution is 0.0880. The molecule has 4 heteroatoms. The van der Waals surface area contributed by atoms with Gasteiger partial charge in [0.1, 0.15) is 5.75 Å². The Kier molecular flexibility index (Phi) is 5.49. The summed E-state index contributed by atoms with van der Waals surface area (Å²) in [7, 11) is 1.63. The van der Waals surface area contributed by atoms with Crippen LogP contribution in [0.4, 0.5) is 0 Å². The van der Waals surface area contributed by atoms with E-state index in [0.29, 0.717) is 6.54 Å². The summed E-state index contributed by atoms with van der Waals surface area (Å²) in [5.41, 5.74) is 2.11. The molecule has 0 amide bonds. The predicted molar refractivity (Wildman–Crippen MR) is 96.3 cm³/mol. The van der Waals surface area contributed by atoms with Crippen LogP contribution in [0.2, 0.25) is 0 Å². The average molecular weight is 324 g/mol. The number of rotatable bonds is 5. The highest BCUT2D eigenvalue weighted by Crippen LogP contribution is 2.16. The minimum absolute atomic E-state index is 0.172. The van der Waals surface area contributed by atoms with Gasteiger partial charge in [0, 0.05) is 43.9 Å². The van der Waals surface area contributed by atoms with Gasteiger partial charge in [-0.1, -0.05) is 24.3 Å². The Balaban J connectivity index is 1.51. The van der Waals surface area contributed by atoms with Crippen molar-refractivity contribution in [2.45, 2.75) is 6.42 Å². The van der Waals surface area contributed by atoms with E-state index in [1.807, 2.05) is 24.3 Å². The monoisotopic (exact) mass is 324 g/mol. The van der Waals surface area contributed by atoms with Crippen molar-refractivity contribution >= 4 is 5.78 Å². The maximum atomic E-state index is 12.4. The number of benzene rings is 1. The first-order valence-corrected chi connectivity index (χ1v) is 8.43. The van der Waals surface area contributed by atoms with Gasteiger partial charge in [-0.15, -0.1) is 0 Å². The van der Waals surface area contributed by atoms with Crippen LogP contribution in [0.3, 0.4) is 0 Å². The molecule has 1 fully saturated rings. The maximum absolute atomic E-state index is 12.4. The van der Waals surface area contributed by atoms with Crippen LogP contribution in [0.1, 0.15) is 16.8 Å². The Hall–Kier alpha value is -2.33. The third-order valence-corrected chi connectivity index (χ3v) is 4.53. The lowest BCUT2D eigenvalue weighted by Gasteiger charge is -2.36. The zero-order valence-electron chi connectivity index (χ0n) is 14.1. The van der Waals surface area contributed by atoms with E-state index < -0.39 is 0 Å². The molecular formula is C20H24N2O2. The van der Waals surface area contributed by atoms with Gasteiger partial charge in [-0.05, 0) is 30.3 Å². The second kappa shape index (κ2) is 7.97. The van der Waals surface area contributed by atoms with Crippen molar-refractivity contribution in [2.75, 3.05) is 39.8 Å². The number of ether oxygens (including phenoxy) is 1. The van der Waals surface area contributed by atoms with Crippen molar-refractivity contribution in [1.29, 1.82) is 0 Å². The van der Waals surface area contributed by atoms with Gasteiger partial charge in [-0.2, -0.15) is 0 Å². The van der Waals surface area contributed by atoms with Crippen molar-refractivity contribution in [2.24, 2.45) is 0 Å². The number of ketones is 1. The molecule has 2 aliphatic rings. The SMILES string of the molecule is COc1ccc(C(=O)CN2CCN(C3=CC=CC=CC3)CC2)cc1. The largest absolute Gasteiger partial charge is 0.497 e. The molecule has 3 rings (SSSR count). The summed E-state index contributed by atoms with van der Waals surface area (Å²) in [6.45, 7) is 4.28. The second-order valence-electron chi connectivity index (χ2n) is 6.09. The molecule has 1 aromatic carbocycles. The summed E-state index contributed by atoms with van der Waals surface area (Å²) in [6, 6.07) is 7.36. The topological polar surface area (TPSA) is 32.8 Å². The summed E-state index contributed by atoms with van der Waals surface area (Å²) >= 11 is 0. The number of carbonyl (C=O) groups excluding carboxylic acids is 1. The van der Waals surface area contributed by atoms with E-state index in [1.165, 1.54) is 5.70 Å². The quantitative estimate of drug-likeness (QED) is 0.780. The smallest absolute Gasteiger partial charge is 0.176 e. The van der Waals surface area contributed by atoms with E-state index in [9.17, 15) is 4.79 Å². The maximum Gasteiger partial charge on any atom is 0.176 e. The number of piperazine rings is 1. The van der Waals surface area contributed by atoms with Crippen LogP contribution in [0, 0.1) is 0 Å². The molecule has 0 saturated carbocycles. The van der Waals surface area contributed by atoms with Crippen LogP contribution in [-0.4, -0.2) is 55.4 Å². The van der Waals surface area contributed by atoms with Gasteiger partial charge in [-0.3, -0.25) is 9.69 Å². The van der Waals surface area contributed by atoms with Gasteiger partial charge in [-0.25, -0.2) is 0 Å². The van der Waals surface area contributed by atoms with Crippen molar-refractivity contribution in [1.82, 2.24) is 9.80 Å². The van der Waals surface area contributed by atoms with E-state index >= 15 is 0 Å². The fourth-order valence-corrected chi connectivity index (χ4v) is 3.07. The molecule has 0 aromatic heterocycles. The Morgan fingerprint density at radius 3 is 2.50 bits per heavy atom. The van der Waals surface area contributed by atoms with Gasteiger partial charge in [0.05, 0.1) is 13.7 Å². The highest BCUT2D eigenvalue weighted by molar-refractivity contribution is 5.97. The van der Waals surface area contributed by atoms with Crippen LogP contribution in [-0.2, 0) is 0 Å². The molecule has 0 spiro atoms. The van der Waals surface area contributed by atoms with E-state index in [0.717, 1.165) is 43.9 Å². The van der Waals surface area contributed by atoms with Crippen molar-refractivity contribution in [3.63, 3.8) is 0 Å². The van der Waals surface area contributed by atoms with Gasteiger partial charge in [0.25, 0.3) is 0 Å². The van der Waals surface area contributed by atoms with Crippen molar-refractivity contribution < 1.29 is 9.53 Å². The molecule has 24 heavy (non-hydrogen) atoms. The van der Waals surface area contributed by atoms with Gasteiger partial charge in [0.15, 0.2) is 5.78 Å². The van der Waals surface area contributed by atoms with E-state index in [2.05, 4.69) is 40.2 Å². The van der Waals surface area contributed by atoms with Gasteiger partial charge >= 0.3 is 0 Å². The average Bonchev–Trinajstić information content (AvgIpc) is 2.92. The number of hydrogen-bond donors (Lipinski definition) is 0. The lowest BCUT2D eigenvalue weighted by Crippen LogP contribution is -2.47. The molecule has 1 aromatic rings. The molecule has 126 valence electrons. The van der Waals surface area contributed by atoms with Crippen molar-refractivity contribution in [3.05, 3.63) is 65.9 Å². The van der Waals surface area contributed by atoms with Crippen LogP contribution in [0.15, 0.2) is 60.3 Å². The summed E-state index contributed by atoms with van der Waals surface area (Å²) in [6.07, 6.45) is 11.6. The van der Waals surface area contributed by atoms with Crippen LogP contribution >= 0.6 is 0 Å². The third kappa shape index (κ3) is 4.15.